The molecule has 2 N–H and O–H groups in total. The molecular formula is C14H23NO3S. The van der Waals surface area contributed by atoms with Crippen LogP contribution in [0.2, 0.25) is 0 Å². The second kappa shape index (κ2) is 6.03. The molecule has 1 unspecified atom stereocenters. The topological polar surface area (TPSA) is 66.4 Å². The highest BCUT2D eigenvalue weighted by Crippen LogP contribution is 2.15. The summed E-state index contributed by atoms with van der Waals surface area (Å²) in [5.41, 5.74) is 0.249. The van der Waals surface area contributed by atoms with E-state index in [1.165, 1.54) is 6.26 Å². The van der Waals surface area contributed by atoms with Crippen LogP contribution < -0.4 is 5.32 Å². The molecule has 0 spiro atoms. The van der Waals surface area contributed by atoms with E-state index < -0.39 is 15.4 Å². The summed E-state index contributed by atoms with van der Waals surface area (Å²) in [7, 11) is -3.13. The lowest BCUT2D eigenvalue weighted by Gasteiger charge is -2.28. The number of hydrogen-bond acceptors (Lipinski definition) is 4. The van der Waals surface area contributed by atoms with Gasteiger partial charge in [-0.15, -0.1) is 0 Å². The van der Waals surface area contributed by atoms with Gasteiger partial charge in [0.25, 0.3) is 0 Å². The highest BCUT2D eigenvalue weighted by molar-refractivity contribution is 7.90. The van der Waals surface area contributed by atoms with Gasteiger partial charge >= 0.3 is 0 Å². The summed E-state index contributed by atoms with van der Waals surface area (Å²) in [4.78, 5) is 0.324. The zero-order valence-electron chi connectivity index (χ0n) is 12.0. The van der Waals surface area contributed by atoms with Gasteiger partial charge in [0.1, 0.15) is 0 Å². The normalized spacial score (nSPS) is 15.5. The van der Waals surface area contributed by atoms with Gasteiger partial charge in [-0.3, -0.25) is 0 Å². The number of rotatable bonds is 6. The van der Waals surface area contributed by atoms with Crippen LogP contribution in [0.1, 0.15) is 26.3 Å². The van der Waals surface area contributed by atoms with Crippen LogP contribution in [0.15, 0.2) is 29.2 Å². The fourth-order valence-electron chi connectivity index (χ4n) is 1.52. The molecule has 0 radical (unpaired) electrons. The molecule has 0 heterocycles. The summed E-state index contributed by atoms with van der Waals surface area (Å²) < 4.78 is 22.6. The molecule has 0 bridgehead atoms. The molecule has 0 saturated heterocycles. The molecule has 0 amide bonds. The van der Waals surface area contributed by atoms with E-state index in [9.17, 15) is 13.5 Å². The van der Waals surface area contributed by atoms with Gasteiger partial charge in [-0.1, -0.05) is 26.0 Å². The third kappa shape index (κ3) is 4.93. The molecule has 0 fully saturated rings. The van der Waals surface area contributed by atoms with Crippen LogP contribution in [-0.4, -0.2) is 31.9 Å². The summed E-state index contributed by atoms with van der Waals surface area (Å²) in [5.74, 6) is 0.174. The minimum Gasteiger partial charge on any atom is -0.389 e. The lowest BCUT2D eigenvalue weighted by atomic mass is 9.92. The van der Waals surface area contributed by atoms with E-state index in [4.69, 9.17) is 0 Å². The molecule has 108 valence electrons. The largest absolute Gasteiger partial charge is 0.389 e. The van der Waals surface area contributed by atoms with E-state index in [1.807, 2.05) is 13.8 Å². The average molecular weight is 285 g/mol. The van der Waals surface area contributed by atoms with Crippen molar-refractivity contribution in [3.8, 4) is 0 Å². The van der Waals surface area contributed by atoms with Gasteiger partial charge in [0.2, 0.25) is 0 Å². The lowest BCUT2D eigenvalue weighted by molar-refractivity contribution is 0.0140. The lowest BCUT2D eigenvalue weighted by Crippen LogP contribution is -2.41. The molecule has 1 aromatic carbocycles. The second-order valence-electron chi connectivity index (χ2n) is 5.53. The Labute approximate surface area is 115 Å². The van der Waals surface area contributed by atoms with Crippen molar-refractivity contribution < 1.29 is 13.5 Å². The monoisotopic (exact) mass is 285 g/mol. The number of benzene rings is 1. The summed E-state index contributed by atoms with van der Waals surface area (Å²) in [6.07, 6.45) is 1.19. The molecule has 5 heteroatoms. The molecular weight excluding hydrogens is 262 g/mol. The maximum Gasteiger partial charge on any atom is 0.175 e. The quantitative estimate of drug-likeness (QED) is 0.833. The maximum atomic E-state index is 11.3. The molecule has 1 atom stereocenters. The van der Waals surface area contributed by atoms with E-state index in [-0.39, 0.29) is 5.92 Å². The number of nitrogens with one attached hydrogen (secondary N) is 1. The second-order valence-corrected chi connectivity index (χ2v) is 7.55. The summed E-state index contributed by atoms with van der Waals surface area (Å²) in [5, 5.41) is 13.3. The van der Waals surface area contributed by atoms with Crippen LogP contribution in [0.25, 0.3) is 0 Å². The van der Waals surface area contributed by atoms with Crippen molar-refractivity contribution in [2.45, 2.75) is 37.8 Å². The van der Waals surface area contributed by atoms with Crippen molar-refractivity contribution in [2.24, 2.45) is 5.92 Å². The minimum absolute atomic E-state index is 0.174. The average Bonchev–Trinajstić information content (AvgIpc) is 2.28. The molecule has 4 nitrogen and oxygen atoms in total. The predicted molar refractivity (Wildman–Crippen MR) is 76.7 cm³/mol. The zero-order valence-corrected chi connectivity index (χ0v) is 12.8. The zero-order chi connectivity index (χ0) is 14.7. The van der Waals surface area contributed by atoms with Gasteiger partial charge in [-0.2, -0.15) is 0 Å². The summed E-state index contributed by atoms with van der Waals surface area (Å²) in [6.45, 7) is 6.86. The van der Waals surface area contributed by atoms with E-state index in [0.29, 0.717) is 18.0 Å². The minimum atomic E-state index is -3.13. The highest BCUT2D eigenvalue weighted by Gasteiger charge is 2.23. The molecule has 0 aromatic heterocycles. The van der Waals surface area contributed by atoms with Gasteiger partial charge in [0.15, 0.2) is 9.84 Å². The molecule has 0 aliphatic heterocycles. The van der Waals surface area contributed by atoms with Gasteiger partial charge in [0.05, 0.1) is 10.5 Å². The van der Waals surface area contributed by atoms with Crippen LogP contribution in [-0.2, 0) is 16.4 Å². The first-order valence-electron chi connectivity index (χ1n) is 6.35. The Kier molecular flexibility index (Phi) is 5.12. The van der Waals surface area contributed by atoms with Crippen molar-refractivity contribution in [1.29, 1.82) is 0 Å². The predicted octanol–water partition coefficient (Wildman–Crippen LogP) is 1.59. The Morgan fingerprint density at radius 3 is 2.21 bits per heavy atom. The van der Waals surface area contributed by atoms with Crippen LogP contribution in [0, 0.1) is 5.92 Å². The van der Waals surface area contributed by atoms with Crippen molar-refractivity contribution in [3.63, 3.8) is 0 Å². The van der Waals surface area contributed by atoms with Gasteiger partial charge in [-0.05, 0) is 30.5 Å². The van der Waals surface area contributed by atoms with Crippen LogP contribution in [0.3, 0.4) is 0 Å². The number of hydrogen-bond donors (Lipinski definition) is 2. The van der Waals surface area contributed by atoms with Gasteiger partial charge < -0.3 is 10.4 Å². The molecule has 0 aliphatic carbocycles. The van der Waals surface area contributed by atoms with E-state index in [1.54, 1.807) is 31.2 Å². The Morgan fingerprint density at radius 2 is 1.79 bits per heavy atom. The van der Waals surface area contributed by atoms with Crippen LogP contribution >= 0.6 is 0 Å². The van der Waals surface area contributed by atoms with Crippen molar-refractivity contribution in [1.82, 2.24) is 5.32 Å². The molecule has 1 rings (SSSR count). The van der Waals surface area contributed by atoms with Crippen molar-refractivity contribution in [2.75, 3.05) is 12.8 Å². The SMILES string of the molecule is CC(C)C(C)(O)CNCc1ccc(S(C)(=O)=O)cc1. The maximum absolute atomic E-state index is 11.3. The summed E-state index contributed by atoms with van der Waals surface area (Å²) in [6, 6.07) is 6.78. The number of sulfone groups is 1. The Morgan fingerprint density at radius 1 is 1.26 bits per heavy atom. The Bertz CT molecular complexity index is 504. The molecule has 1 aromatic rings. The molecule has 19 heavy (non-hydrogen) atoms. The standard InChI is InChI=1S/C14H23NO3S/c1-11(2)14(3,16)10-15-9-12-5-7-13(8-6-12)19(4,17)18/h5-8,11,15-16H,9-10H2,1-4H3. The first-order valence-corrected chi connectivity index (χ1v) is 8.24. The molecule has 0 aliphatic rings. The van der Waals surface area contributed by atoms with Gasteiger partial charge in [-0.25, -0.2) is 8.42 Å². The molecule has 0 saturated carbocycles. The third-order valence-electron chi connectivity index (χ3n) is 3.41. The third-order valence-corrected chi connectivity index (χ3v) is 4.54. The summed E-state index contributed by atoms with van der Waals surface area (Å²) >= 11 is 0. The smallest absolute Gasteiger partial charge is 0.175 e. The van der Waals surface area contributed by atoms with Crippen LogP contribution in [0.4, 0.5) is 0 Å². The van der Waals surface area contributed by atoms with E-state index in [2.05, 4.69) is 5.32 Å². The van der Waals surface area contributed by atoms with Crippen molar-refractivity contribution in [3.05, 3.63) is 29.8 Å². The van der Waals surface area contributed by atoms with Crippen LogP contribution in [0.5, 0.6) is 0 Å². The first-order chi connectivity index (χ1) is 8.63. The van der Waals surface area contributed by atoms with Gasteiger partial charge in [0, 0.05) is 19.3 Å². The fourth-order valence-corrected chi connectivity index (χ4v) is 2.15. The number of aliphatic hydroxyl groups is 1. The van der Waals surface area contributed by atoms with E-state index in [0.717, 1.165) is 5.56 Å². The Balaban J connectivity index is 2.56. The van der Waals surface area contributed by atoms with E-state index >= 15 is 0 Å². The first kappa shape index (κ1) is 16.1. The highest BCUT2D eigenvalue weighted by atomic mass is 32.2. The van der Waals surface area contributed by atoms with Crippen molar-refractivity contribution >= 4 is 9.84 Å². The Hall–Kier alpha value is -0.910. The fraction of sp³-hybridized carbons (Fsp3) is 0.571.